The van der Waals surface area contributed by atoms with Crippen molar-refractivity contribution in [3.05, 3.63) is 54.2 Å². The summed E-state index contributed by atoms with van der Waals surface area (Å²) in [4.78, 5) is 9.51. The zero-order chi connectivity index (χ0) is 16.1. The molecule has 0 bridgehead atoms. The van der Waals surface area contributed by atoms with Crippen LogP contribution in [-0.2, 0) is 4.74 Å². The van der Waals surface area contributed by atoms with E-state index in [1.54, 1.807) is 25.1 Å². The summed E-state index contributed by atoms with van der Waals surface area (Å²) >= 11 is 1.67. The first-order valence-corrected chi connectivity index (χ1v) is 8.18. The second-order valence-electron chi connectivity index (χ2n) is 5.01. The van der Waals surface area contributed by atoms with Crippen molar-refractivity contribution in [2.75, 3.05) is 13.7 Å². The molecule has 0 saturated carbocycles. The largest absolute Gasteiger partial charge is 0.481 e. The molecule has 0 radical (unpaired) electrons. The molecule has 0 saturated heterocycles. The Morgan fingerprint density at radius 2 is 2.04 bits per heavy atom. The molecule has 0 spiro atoms. The number of benzene rings is 1. The molecule has 120 valence electrons. The molecule has 0 N–H and O–H groups in total. The minimum absolute atomic E-state index is 0.000489. The minimum atomic E-state index is -0.105. The lowest BCUT2D eigenvalue weighted by Crippen LogP contribution is -2.19. The van der Waals surface area contributed by atoms with Crippen LogP contribution in [0.15, 0.2) is 53.6 Å². The van der Waals surface area contributed by atoms with Crippen molar-refractivity contribution in [3.8, 4) is 11.9 Å². The molecule has 1 aromatic carbocycles. The predicted octanol–water partition coefficient (Wildman–Crippen LogP) is 3.25. The number of hydrogen-bond donors (Lipinski definition) is 0. The zero-order valence-electron chi connectivity index (χ0n) is 13.0. The van der Waals surface area contributed by atoms with Gasteiger partial charge in [0.15, 0.2) is 0 Å². The predicted molar refractivity (Wildman–Crippen MR) is 88.9 cm³/mol. The highest BCUT2D eigenvalue weighted by molar-refractivity contribution is 8.00. The Morgan fingerprint density at radius 3 is 2.83 bits per heavy atom. The van der Waals surface area contributed by atoms with Crippen molar-refractivity contribution in [2.24, 2.45) is 0 Å². The van der Waals surface area contributed by atoms with Crippen LogP contribution in [0.1, 0.15) is 5.56 Å². The number of nitrogens with zero attached hydrogens (tertiary/aromatic N) is 2. The van der Waals surface area contributed by atoms with Gasteiger partial charge in [-0.3, -0.25) is 0 Å². The maximum absolute atomic E-state index is 5.91. The molecule has 2 heterocycles. The molecular formula is C17H18N2O3S. The molecule has 5 nitrogen and oxygen atoms in total. The molecule has 2 aromatic rings. The average molecular weight is 330 g/mol. The van der Waals surface area contributed by atoms with Crippen LogP contribution in [0.25, 0.3) is 0 Å². The Kier molecular flexibility index (Phi) is 5.15. The molecule has 1 aliphatic rings. The van der Waals surface area contributed by atoms with Crippen molar-refractivity contribution in [1.29, 1.82) is 0 Å². The van der Waals surface area contributed by atoms with Gasteiger partial charge in [0.25, 0.3) is 0 Å². The molecule has 0 fully saturated rings. The molecule has 0 aliphatic carbocycles. The second kappa shape index (κ2) is 7.48. The molecule has 23 heavy (non-hydrogen) atoms. The van der Waals surface area contributed by atoms with Crippen LogP contribution < -0.4 is 9.47 Å². The third-order valence-corrected chi connectivity index (χ3v) is 4.31. The van der Waals surface area contributed by atoms with E-state index in [0.29, 0.717) is 18.5 Å². The molecular weight excluding hydrogens is 312 g/mol. The van der Waals surface area contributed by atoms with Gasteiger partial charge in [0.2, 0.25) is 5.88 Å². The maximum atomic E-state index is 5.91. The van der Waals surface area contributed by atoms with Gasteiger partial charge in [0.1, 0.15) is 18.1 Å². The fourth-order valence-electron chi connectivity index (χ4n) is 2.12. The second-order valence-corrected chi connectivity index (χ2v) is 6.19. The van der Waals surface area contributed by atoms with Crippen LogP contribution in [0, 0.1) is 6.92 Å². The summed E-state index contributed by atoms with van der Waals surface area (Å²) in [5.74, 6) is 0.524. The maximum Gasteiger partial charge on any atom is 0.319 e. The van der Waals surface area contributed by atoms with Gasteiger partial charge in [0, 0.05) is 16.7 Å². The summed E-state index contributed by atoms with van der Waals surface area (Å²) in [6.45, 7) is 2.26. The first kappa shape index (κ1) is 15.8. The van der Waals surface area contributed by atoms with Crippen LogP contribution in [0.2, 0.25) is 0 Å². The number of ether oxygens (including phenoxy) is 3. The zero-order valence-corrected chi connectivity index (χ0v) is 13.8. The van der Waals surface area contributed by atoms with E-state index in [9.17, 15) is 0 Å². The van der Waals surface area contributed by atoms with Gasteiger partial charge in [-0.25, -0.2) is 4.98 Å². The SMILES string of the molecule is COc1nc(OC[C@@H]2C=C[C@@H](Sc3ccccc3)O2)ncc1C. The van der Waals surface area contributed by atoms with Gasteiger partial charge >= 0.3 is 6.01 Å². The standard InChI is InChI=1S/C17H18N2O3S/c1-12-10-18-17(19-16(12)20-2)21-11-13-8-9-15(22-13)23-14-6-4-3-5-7-14/h3-10,13,15H,11H2,1-2H3/t13-,15+/m0/s1. The highest BCUT2D eigenvalue weighted by Gasteiger charge is 2.21. The number of thioether (sulfide) groups is 1. The topological polar surface area (TPSA) is 53.5 Å². The average Bonchev–Trinajstić information content (AvgIpc) is 3.02. The molecule has 1 aliphatic heterocycles. The lowest BCUT2D eigenvalue weighted by atomic mass is 10.4. The number of aryl methyl sites for hydroxylation is 1. The Balaban J connectivity index is 1.50. The Bertz CT molecular complexity index is 679. The summed E-state index contributed by atoms with van der Waals surface area (Å²) < 4.78 is 16.7. The molecule has 6 heteroatoms. The number of rotatable bonds is 6. The summed E-state index contributed by atoms with van der Waals surface area (Å²) in [7, 11) is 1.58. The lowest BCUT2D eigenvalue weighted by Gasteiger charge is -2.14. The summed E-state index contributed by atoms with van der Waals surface area (Å²) in [6, 6.07) is 10.5. The van der Waals surface area contributed by atoms with E-state index in [4.69, 9.17) is 14.2 Å². The van der Waals surface area contributed by atoms with Crippen LogP contribution in [0.4, 0.5) is 0 Å². The van der Waals surface area contributed by atoms with Gasteiger partial charge < -0.3 is 14.2 Å². The number of methoxy groups -OCH3 is 1. The summed E-state index contributed by atoms with van der Waals surface area (Å²) in [5.41, 5.74) is 0.871. The van der Waals surface area contributed by atoms with E-state index in [-0.39, 0.29) is 11.5 Å². The van der Waals surface area contributed by atoms with Crippen molar-refractivity contribution < 1.29 is 14.2 Å². The third-order valence-electron chi connectivity index (χ3n) is 3.26. The molecule has 0 amide bonds. The first-order chi connectivity index (χ1) is 11.2. The smallest absolute Gasteiger partial charge is 0.319 e. The highest BCUT2D eigenvalue weighted by Crippen LogP contribution is 2.29. The van der Waals surface area contributed by atoms with E-state index in [2.05, 4.69) is 22.1 Å². The Morgan fingerprint density at radius 1 is 1.22 bits per heavy atom. The fourth-order valence-corrected chi connectivity index (χ4v) is 3.07. The van der Waals surface area contributed by atoms with Gasteiger partial charge in [0.05, 0.1) is 7.11 Å². The van der Waals surface area contributed by atoms with Crippen molar-refractivity contribution >= 4 is 11.8 Å². The van der Waals surface area contributed by atoms with Crippen LogP contribution >= 0.6 is 11.8 Å². The summed E-state index contributed by atoms with van der Waals surface area (Å²) in [5, 5.41) is 0. The van der Waals surface area contributed by atoms with Gasteiger partial charge in [-0.1, -0.05) is 36.0 Å². The van der Waals surface area contributed by atoms with E-state index in [0.717, 1.165) is 5.56 Å². The quantitative estimate of drug-likeness (QED) is 0.758. The Hall–Kier alpha value is -2.05. The van der Waals surface area contributed by atoms with E-state index in [1.165, 1.54) is 4.90 Å². The van der Waals surface area contributed by atoms with Crippen molar-refractivity contribution in [3.63, 3.8) is 0 Å². The molecule has 3 rings (SSSR count). The van der Waals surface area contributed by atoms with E-state index < -0.39 is 0 Å². The molecule has 1 aromatic heterocycles. The Labute approximate surface area is 139 Å². The summed E-state index contributed by atoms with van der Waals surface area (Å²) in [6.07, 6.45) is 5.63. The minimum Gasteiger partial charge on any atom is -0.481 e. The van der Waals surface area contributed by atoms with E-state index >= 15 is 0 Å². The van der Waals surface area contributed by atoms with E-state index in [1.807, 2.05) is 37.3 Å². The van der Waals surface area contributed by atoms with Gasteiger partial charge in [-0.15, -0.1) is 0 Å². The number of hydrogen-bond acceptors (Lipinski definition) is 6. The molecule has 2 atom stereocenters. The lowest BCUT2D eigenvalue weighted by molar-refractivity contribution is 0.0659. The highest BCUT2D eigenvalue weighted by atomic mass is 32.2. The number of aromatic nitrogens is 2. The fraction of sp³-hybridized carbons (Fsp3) is 0.294. The normalized spacial score (nSPS) is 19.7. The monoisotopic (exact) mass is 330 g/mol. The van der Waals surface area contributed by atoms with Crippen LogP contribution in [0.3, 0.4) is 0 Å². The first-order valence-electron chi connectivity index (χ1n) is 7.30. The molecule has 0 unspecified atom stereocenters. The van der Waals surface area contributed by atoms with Crippen LogP contribution in [0.5, 0.6) is 11.9 Å². The van der Waals surface area contributed by atoms with Crippen LogP contribution in [-0.4, -0.2) is 35.2 Å². The third kappa shape index (κ3) is 4.24. The van der Waals surface area contributed by atoms with Gasteiger partial charge in [-0.2, -0.15) is 4.98 Å². The van der Waals surface area contributed by atoms with Crippen molar-refractivity contribution in [1.82, 2.24) is 9.97 Å². The van der Waals surface area contributed by atoms with Crippen molar-refractivity contribution in [2.45, 2.75) is 23.4 Å². The van der Waals surface area contributed by atoms with Gasteiger partial charge in [-0.05, 0) is 25.1 Å².